The SMILES string of the molecule is CCc1c(C)nc(-n2nc(-c3cccs3)cc2NC(=O)C2CCCC2)[nH]c1=O. The Hall–Kier alpha value is -2.74. The van der Waals surface area contributed by atoms with Crippen LogP contribution in [-0.4, -0.2) is 25.7 Å². The van der Waals surface area contributed by atoms with E-state index in [1.807, 2.05) is 37.4 Å². The zero-order chi connectivity index (χ0) is 19.7. The third-order valence-corrected chi connectivity index (χ3v) is 6.12. The molecule has 7 nitrogen and oxygen atoms in total. The van der Waals surface area contributed by atoms with Gasteiger partial charge in [0.05, 0.1) is 4.88 Å². The van der Waals surface area contributed by atoms with Crippen LogP contribution in [-0.2, 0) is 11.2 Å². The molecule has 0 atom stereocenters. The quantitative estimate of drug-likeness (QED) is 0.687. The Labute approximate surface area is 166 Å². The van der Waals surface area contributed by atoms with Gasteiger partial charge in [-0.1, -0.05) is 25.8 Å². The van der Waals surface area contributed by atoms with Crippen LogP contribution in [0.5, 0.6) is 0 Å². The molecule has 28 heavy (non-hydrogen) atoms. The molecule has 3 aromatic rings. The molecule has 1 aliphatic rings. The molecule has 0 bridgehead atoms. The van der Waals surface area contributed by atoms with E-state index in [-0.39, 0.29) is 17.4 Å². The van der Waals surface area contributed by atoms with Crippen molar-refractivity contribution in [2.24, 2.45) is 5.92 Å². The van der Waals surface area contributed by atoms with Gasteiger partial charge in [0.15, 0.2) is 0 Å². The van der Waals surface area contributed by atoms with Gasteiger partial charge in [-0.25, -0.2) is 4.98 Å². The van der Waals surface area contributed by atoms with Crippen molar-refractivity contribution in [3.05, 3.63) is 45.2 Å². The molecule has 3 heterocycles. The minimum absolute atomic E-state index is 0.000580. The first-order valence-electron chi connectivity index (χ1n) is 9.61. The number of aryl methyl sites for hydroxylation is 1. The maximum absolute atomic E-state index is 12.7. The maximum Gasteiger partial charge on any atom is 0.255 e. The number of hydrogen-bond acceptors (Lipinski definition) is 5. The number of thiophene rings is 1. The molecule has 0 spiro atoms. The molecule has 0 radical (unpaired) electrons. The van der Waals surface area contributed by atoms with E-state index in [1.54, 1.807) is 11.3 Å². The summed E-state index contributed by atoms with van der Waals surface area (Å²) in [5.41, 5.74) is 1.89. The third kappa shape index (κ3) is 3.52. The van der Waals surface area contributed by atoms with E-state index in [0.717, 1.165) is 36.3 Å². The van der Waals surface area contributed by atoms with E-state index in [0.29, 0.717) is 29.4 Å². The Kier molecular flexibility index (Phi) is 5.13. The lowest BCUT2D eigenvalue weighted by Gasteiger charge is -2.12. The molecule has 1 amide bonds. The number of nitrogens with one attached hydrogen (secondary N) is 2. The Morgan fingerprint density at radius 3 is 2.82 bits per heavy atom. The van der Waals surface area contributed by atoms with Gasteiger partial charge in [0.2, 0.25) is 11.9 Å². The minimum atomic E-state index is -0.175. The van der Waals surface area contributed by atoms with Gasteiger partial charge < -0.3 is 5.32 Å². The number of anilines is 1. The van der Waals surface area contributed by atoms with Crippen molar-refractivity contribution in [1.29, 1.82) is 0 Å². The molecular weight excluding hydrogens is 374 g/mol. The summed E-state index contributed by atoms with van der Waals surface area (Å²) in [5, 5.41) is 9.60. The van der Waals surface area contributed by atoms with Crippen molar-refractivity contribution in [2.75, 3.05) is 5.32 Å². The van der Waals surface area contributed by atoms with E-state index < -0.39 is 0 Å². The van der Waals surface area contributed by atoms with Crippen LogP contribution < -0.4 is 10.9 Å². The summed E-state index contributed by atoms with van der Waals surface area (Å²) in [4.78, 5) is 33.4. The number of carbonyl (C=O) groups is 1. The van der Waals surface area contributed by atoms with Crippen molar-refractivity contribution in [1.82, 2.24) is 19.7 Å². The second-order valence-corrected chi connectivity index (χ2v) is 8.03. The summed E-state index contributed by atoms with van der Waals surface area (Å²) >= 11 is 1.57. The highest BCUT2D eigenvalue weighted by molar-refractivity contribution is 7.13. The second kappa shape index (κ2) is 7.71. The van der Waals surface area contributed by atoms with Crippen LogP contribution in [0.25, 0.3) is 16.5 Å². The summed E-state index contributed by atoms with van der Waals surface area (Å²) in [6.45, 7) is 3.74. The first kappa shape index (κ1) is 18.6. The van der Waals surface area contributed by atoms with Crippen molar-refractivity contribution in [2.45, 2.75) is 46.0 Å². The van der Waals surface area contributed by atoms with Gasteiger partial charge in [0, 0.05) is 23.2 Å². The smallest absolute Gasteiger partial charge is 0.255 e. The number of aromatic nitrogens is 4. The average molecular weight is 398 g/mol. The molecule has 1 aliphatic carbocycles. The summed E-state index contributed by atoms with van der Waals surface area (Å²) in [6.07, 6.45) is 4.61. The first-order valence-corrected chi connectivity index (χ1v) is 10.5. The van der Waals surface area contributed by atoms with Crippen molar-refractivity contribution >= 4 is 23.1 Å². The molecule has 3 aromatic heterocycles. The van der Waals surface area contributed by atoms with Crippen LogP contribution in [0.2, 0.25) is 0 Å². The number of nitrogens with zero attached hydrogens (tertiary/aromatic N) is 3. The Balaban J connectivity index is 1.76. The van der Waals surface area contributed by atoms with Gasteiger partial charge in [-0.2, -0.15) is 9.78 Å². The largest absolute Gasteiger partial charge is 0.310 e. The maximum atomic E-state index is 12.7. The lowest BCUT2D eigenvalue weighted by Crippen LogP contribution is -2.24. The van der Waals surface area contributed by atoms with Gasteiger partial charge in [0.25, 0.3) is 5.56 Å². The van der Waals surface area contributed by atoms with E-state index in [1.165, 1.54) is 4.68 Å². The monoisotopic (exact) mass is 397 g/mol. The molecule has 146 valence electrons. The lowest BCUT2D eigenvalue weighted by atomic mass is 10.1. The Morgan fingerprint density at radius 2 is 2.18 bits per heavy atom. The molecule has 1 saturated carbocycles. The van der Waals surface area contributed by atoms with Crippen LogP contribution >= 0.6 is 11.3 Å². The van der Waals surface area contributed by atoms with E-state index in [2.05, 4.69) is 20.4 Å². The molecule has 0 unspecified atom stereocenters. The Bertz CT molecular complexity index is 1050. The number of hydrogen-bond donors (Lipinski definition) is 2. The fourth-order valence-electron chi connectivity index (χ4n) is 3.70. The predicted molar refractivity (Wildman–Crippen MR) is 110 cm³/mol. The van der Waals surface area contributed by atoms with Crippen LogP contribution in [0, 0.1) is 12.8 Å². The van der Waals surface area contributed by atoms with Gasteiger partial charge in [-0.15, -0.1) is 11.3 Å². The average Bonchev–Trinajstić information content (AvgIpc) is 3.42. The normalized spacial score (nSPS) is 14.5. The molecule has 8 heteroatoms. The summed E-state index contributed by atoms with van der Waals surface area (Å²) in [5.74, 6) is 0.863. The molecular formula is C20H23N5O2S. The van der Waals surface area contributed by atoms with Crippen LogP contribution in [0.1, 0.15) is 43.9 Å². The zero-order valence-electron chi connectivity index (χ0n) is 16.0. The van der Waals surface area contributed by atoms with Crippen molar-refractivity contribution < 1.29 is 4.79 Å². The van der Waals surface area contributed by atoms with Crippen LogP contribution in [0.3, 0.4) is 0 Å². The van der Waals surface area contributed by atoms with Gasteiger partial charge in [-0.05, 0) is 37.6 Å². The fourth-order valence-corrected chi connectivity index (χ4v) is 4.39. The first-order chi connectivity index (χ1) is 13.6. The highest BCUT2D eigenvalue weighted by Gasteiger charge is 2.25. The number of H-pyrrole nitrogens is 1. The van der Waals surface area contributed by atoms with Crippen molar-refractivity contribution in [3.63, 3.8) is 0 Å². The summed E-state index contributed by atoms with van der Waals surface area (Å²) in [7, 11) is 0. The van der Waals surface area contributed by atoms with E-state index in [9.17, 15) is 9.59 Å². The molecule has 4 rings (SSSR count). The summed E-state index contributed by atoms with van der Waals surface area (Å²) in [6, 6.07) is 5.76. The second-order valence-electron chi connectivity index (χ2n) is 7.08. The fraction of sp³-hybridized carbons (Fsp3) is 0.400. The Morgan fingerprint density at radius 1 is 1.39 bits per heavy atom. The highest BCUT2D eigenvalue weighted by Crippen LogP contribution is 2.29. The molecule has 1 fully saturated rings. The molecule has 2 N–H and O–H groups in total. The third-order valence-electron chi connectivity index (χ3n) is 5.22. The molecule has 0 aromatic carbocycles. The molecule has 0 aliphatic heterocycles. The van der Waals surface area contributed by atoms with Gasteiger partial charge in [-0.3, -0.25) is 14.6 Å². The standard InChI is InChI=1S/C20H23N5O2S/c1-3-14-12(2)21-20(23-19(14)27)25-17(22-18(26)13-7-4-5-8-13)11-15(24-25)16-9-6-10-28-16/h6,9-11,13H,3-5,7-8H2,1-2H3,(H,22,26)(H,21,23,27). The topological polar surface area (TPSA) is 92.7 Å². The number of aromatic amines is 1. The lowest BCUT2D eigenvalue weighted by molar-refractivity contribution is -0.119. The minimum Gasteiger partial charge on any atom is -0.310 e. The summed E-state index contributed by atoms with van der Waals surface area (Å²) < 4.78 is 1.52. The number of carbonyl (C=O) groups excluding carboxylic acids is 1. The number of amides is 1. The van der Waals surface area contributed by atoms with E-state index >= 15 is 0 Å². The predicted octanol–water partition coefficient (Wildman–Crippen LogP) is 3.68. The number of rotatable bonds is 5. The van der Waals surface area contributed by atoms with Gasteiger partial charge >= 0.3 is 0 Å². The van der Waals surface area contributed by atoms with Gasteiger partial charge in [0.1, 0.15) is 11.5 Å². The van der Waals surface area contributed by atoms with Crippen molar-refractivity contribution in [3.8, 4) is 16.5 Å². The van der Waals surface area contributed by atoms with Crippen LogP contribution in [0.4, 0.5) is 5.82 Å². The zero-order valence-corrected chi connectivity index (χ0v) is 16.8. The molecule has 0 saturated heterocycles. The van der Waals surface area contributed by atoms with Crippen LogP contribution in [0.15, 0.2) is 28.4 Å². The highest BCUT2D eigenvalue weighted by atomic mass is 32.1. The van der Waals surface area contributed by atoms with E-state index in [4.69, 9.17) is 0 Å².